The Bertz CT molecular complexity index is 1000. The standard InChI is InChI=1S/C19H20N6/c1-3-10-25-18(22-13-23-25)14(2)24-11-9-21-19(24)16-6-7-17-15(12-16)5-4-8-20-17/h4-9,11-14H,3,10H2,1-2H3. The van der Waals surface area contributed by atoms with Crippen LogP contribution in [0.5, 0.6) is 0 Å². The highest BCUT2D eigenvalue weighted by molar-refractivity contribution is 5.83. The van der Waals surface area contributed by atoms with Gasteiger partial charge in [0.2, 0.25) is 0 Å². The molecule has 0 radical (unpaired) electrons. The van der Waals surface area contributed by atoms with E-state index >= 15 is 0 Å². The van der Waals surface area contributed by atoms with Crippen LogP contribution in [0, 0.1) is 0 Å². The second-order valence-electron chi connectivity index (χ2n) is 6.09. The van der Waals surface area contributed by atoms with Crippen LogP contribution < -0.4 is 0 Å². The molecule has 0 amide bonds. The van der Waals surface area contributed by atoms with Crippen LogP contribution in [-0.4, -0.2) is 29.3 Å². The van der Waals surface area contributed by atoms with Gasteiger partial charge in [-0.3, -0.25) is 4.98 Å². The molecule has 0 fully saturated rings. The molecule has 3 heterocycles. The van der Waals surface area contributed by atoms with Crippen LogP contribution in [0.3, 0.4) is 0 Å². The Balaban J connectivity index is 1.75. The molecule has 0 saturated heterocycles. The molecule has 6 heteroatoms. The van der Waals surface area contributed by atoms with E-state index in [4.69, 9.17) is 0 Å². The van der Waals surface area contributed by atoms with Crippen LogP contribution >= 0.6 is 0 Å². The molecule has 0 aliphatic heterocycles. The third-order valence-electron chi connectivity index (χ3n) is 4.40. The van der Waals surface area contributed by atoms with Crippen LogP contribution in [0.2, 0.25) is 0 Å². The summed E-state index contributed by atoms with van der Waals surface area (Å²) in [6, 6.07) is 10.3. The van der Waals surface area contributed by atoms with Crippen LogP contribution in [0.25, 0.3) is 22.3 Å². The van der Waals surface area contributed by atoms with Crippen molar-refractivity contribution >= 4 is 10.9 Å². The number of aryl methyl sites for hydroxylation is 1. The zero-order valence-electron chi connectivity index (χ0n) is 14.4. The number of nitrogens with zero attached hydrogens (tertiary/aromatic N) is 6. The van der Waals surface area contributed by atoms with E-state index in [9.17, 15) is 0 Å². The van der Waals surface area contributed by atoms with Crippen molar-refractivity contribution in [1.82, 2.24) is 29.3 Å². The minimum atomic E-state index is 0.0520. The van der Waals surface area contributed by atoms with Gasteiger partial charge in [-0.05, 0) is 37.6 Å². The van der Waals surface area contributed by atoms with Crippen LogP contribution in [0.15, 0.2) is 55.2 Å². The average molecular weight is 332 g/mol. The number of fused-ring (bicyclic) bond motifs is 1. The maximum Gasteiger partial charge on any atom is 0.149 e. The molecular weight excluding hydrogens is 312 g/mol. The van der Waals surface area contributed by atoms with Crippen molar-refractivity contribution in [2.75, 3.05) is 0 Å². The van der Waals surface area contributed by atoms with Crippen molar-refractivity contribution in [1.29, 1.82) is 0 Å². The predicted molar refractivity (Wildman–Crippen MR) is 97.1 cm³/mol. The van der Waals surface area contributed by atoms with Crippen molar-refractivity contribution in [3.05, 3.63) is 61.1 Å². The minimum Gasteiger partial charge on any atom is -0.321 e. The first-order chi connectivity index (χ1) is 12.3. The molecule has 0 aliphatic rings. The highest BCUT2D eigenvalue weighted by atomic mass is 15.3. The normalized spacial score (nSPS) is 12.6. The first-order valence-electron chi connectivity index (χ1n) is 8.53. The third-order valence-corrected chi connectivity index (χ3v) is 4.40. The smallest absolute Gasteiger partial charge is 0.149 e. The van der Waals surface area contributed by atoms with Crippen molar-refractivity contribution in [2.45, 2.75) is 32.9 Å². The van der Waals surface area contributed by atoms with Crippen molar-refractivity contribution in [3.63, 3.8) is 0 Å². The molecule has 4 aromatic rings. The Morgan fingerprint density at radius 3 is 2.88 bits per heavy atom. The lowest BCUT2D eigenvalue weighted by molar-refractivity contribution is 0.509. The molecule has 0 saturated carbocycles. The number of pyridine rings is 1. The molecule has 6 nitrogen and oxygen atoms in total. The van der Waals surface area contributed by atoms with Crippen LogP contribution in [0.1, 0.15) is 32.1 Å². The Labute approximate surface area is 146 Å². The SMILES string of the molecule is CCCn1ncnc1C(C)n1ccnc1-c1ccc2ncccc2c1. The lowest BCUT2D eigenvalue weighted by atomic mass is 10.1. The van der Waals surface area contributed by atoms with Crippen LogP contribution in [-0.2, 0) is 6.54 Å². The molecule has 1 aromatic carbocycles. The molecule has 4 rings (SSSR count). The fourth-order valence-corrected chi connectivity index (χ4v) is 3.17. The monoisotopic (exact) mass is 332 g/mol. The van der Waals surface area contributed by atoms with E-state index in [-0.39, 0.29) is 6.04 Å². The molecule has 0 N–H and O–H groups in total. The topological polar surface area (TPSA) is 61.4 Å². The second kappa shape index (κ2) is 6.47. The molecule has 1 atom stereocenters. The summed E-state index contributed by atoms with van der Waals surface area (Å²) in [5.74, 6) is 1.87. The summed E-state index contributed by atoms with van der Waals surface area (Å²) in [5.41, 5.74) is 2.05. The van der Waals surface area contributed by atoms with E-state index in [0.717, 1.165) is 41.1 Å². The summed E-state index contributed by atoms with van der Waals surface area (Å²) in [6.45, 7) is 5.14. The maximum atomic E-state index is 4.58. The van der Waals surface area contributed by atoms with Gasteiger partial charge in [-0.1, -0.05) is 13.0 Å². The zero-order valence-corrected chi connectivity index (χ0v) is 14.4. The number of benzene rings is 1. The van der Waals surface area contributed by atoms with E-state index in [1.54, 1.807) is 6.33 Å². The molecule has 0 aliphatic carbocycles. The number of hydrogen-bond acceptors (Lipinski definition) is 4. The second-order valence-corrected chi connectivity index (χ2v) is 6.09. The number of aromatic nitrogens is 6. The van der Waals surface area contributed by atoms with E-state index in [1.807, 2.05) is 35.4 Å². The first-order valence-corrected chi connectivity index (χ1v) is 8.53. The van der Waals surface area contributed by atoms with E-state index in [2.05, 4.69) is 56.7 Å². The summed E-state index contributed by atoms with van der Waals surface area (Å²) in [5, 5.41) is 5.45. The minimum absolute atomic E-state index is 0.0520. The van der Waals surface area contributed by atoms with Gasteiger partial charge >= 0.3 is 0 Å². The van der Waals surface area contributed by atoms with Gasteiger partial charge in [-0.2, -0.15) is 5.10 Å². The zero-order chi connectivity index (χ0) is 17.2. The van der Waals surface area contributed by atoms with E-state index in [1.165, 1.54) is 0 Å². The van der Waals surface area contributed by atoms with Gasteiger partial charge < -0.3 is 4.57 Å². The lowest BCUT2D eigenvalue weighted by Crippen LogP contribution is -2.15. The van der Waals surface area contributed by atoms with Gasteiger partial charge in [0.25, 0.3) is 0 Å². The predicted octanol–water partition coefficient (Wildman–Crippen LogP) is 3.71. The Kier molecular flexibility index (Phi) is 4.01. The Morgan fingerprint density at radius 1 is 1.08 bits per heavy atom. The largest absolute Gasteiger partial charge is 0.321 e. The summed E-state index contributed by atoms with van der Waals surface area (Å²) in [6.07, 6.45) is 8.29. The first kappa shape index (κ1) is 15.5. The van der Waals surface area contributed by atoms with Gasteiger partial charge in [0.15, 0.2) is 0 Å². The van der Waals surface area contributed by atoms with Crippen molar-refractivity contribution < 1.29 is 0 Å². The molecule has 1 unspecified atom stereocenters. The molecular formula is C19H20N6. The number of hydrogen-bond donors (Lipinski definition) is 0. The molecule has 0 spiro atoms. The third kappa shape index (κ3) is 2.80. The Morgan fingerprint density at radius 2 is 2.00 bits per heavy atom. The highest BCUT2D eigenvalue weighted by Gasteiger charge is 2.18. The van der Waals surface area contributed by atoms with E-state index < -0.39 is 0 Å². The lowest BCUT2D eigenvalue weighted by Gasteiger charge is -2.17. The number of imidazole rings is 1. The quantitative estimate of drug-likeness (QED) is 0.559. The van der Waals surface area contributed by atoms with Crippen molar-refractivity contribution in [2.24, 2.45) is 0 Å². The molecule has 3 aromatic heterocycles. The van der Waals surface area contributed by atoms with Gasteiger partial charge in [0.1, 0.15) is 18.0 Å². The fourth-order valence-electron chi connectivity index (χ4n) is 3.17. The van der Waals surface area contributed by atoms with Gasteiger partial charge in [0, 0.05) is 36.1 Å². The summed E-state index contributed by atoms with van der Waals surface area (Å²) in [4.78, 5) is 13.4. The maximum absolute atomic E-state index is 4.58. The summed E-state index contributed by atoms with van der Waals surface area (Å²) in [7, 11) is 0. The summed E-state index contributed by atoms with van der Waals surface area (Å²) >= 11 is 0. The summed E-state index contributed by atoms with van der Waals surface area (Å²) < 4.78 is 4.12. The number of rotatable bonds is 5. The van der Waals surface area contributed by atoms with Gasteiger partial charge in [0.05, 0.1) is 11.6 Å². The van der Waals surface area contributed by atoms with Gasteiger partial charge in [-0.15, -0.1) is 0 Å². The highest BCUT2D eigenvalue weighted by Crippen LogP contribution is 2.26. The molecule has 25 heavy (non-hydrogen) atoms. The molecule has 126 valence electrons. The Hall–Kier alpha value is -3.02. The molecule has 0 bridgehead atoms. The van der Waals surface area contributed by atoms with Crippen LogP contribution in [0.4, 0.5) is 0 Å². The fraction of sp³-hybridized carbons (Fsp3) is 0.263. The average Bonchev–Trinajstić information content (AvgIpc) is 3.30. The van der Waals surface area contributed by atoms with E-state index in [0.29, 0.717) is 0 Å². The van der Waals surface area contributed by atoms with Crippen molar-refractivity contribution in [3.8, 4) is 11.4 Å². The van der Waals surface area contributed by atoms with Gasteiger partial charge in [-0.25, -0.2) is 14.6 Å².